The molecular weight excluding hydrogens is 526 g/mol. The van der Waals surface area contributed by atoms with Crippen molar-refractivity contribution in [1.82, 2.24) is 4.57 Å². The van der Waals surface area contributed by atoms with Crippen LogP contribution in [0.2, 0.25) is 0 Å². The van der Waals surface area contributed by atoms with E-state index in [1.54, 1.807) is 12.1 Å². The molecule has 206 valence electrons. The lowest BCUT2D eigenvalue weighted by Gasteiger charge is -2.36. The zero-order chi connectivity index (χ0) is 28.4. The van der Waals surface area contributed by atoms with E-state index in [2.05, 4.69) is 11.3 Å². The lowest BCUT2D eigenvalue weighted by Crippen LogP contribution is -2.62. The second-order valence-electron chi connectivity index (χ2n) is 8.45. The molecule has 38 heavy (non-hydrogen) atoms. The average Bonchev–Trinajstić information content (AvgIpc) is 3.20. The Morgan fingerprint density at radius 1 is 0.868 bits per heavy atom. The summed E-state index contributed by atoms with van der Waals surface area (Å²) in [6.45, 7) is 0.366. The van der Waals surface area contributed by atoms with Crippen molar-refractivity contribution in [3.05, 3.63) is 67.3 Å². The number of halogens is 8. The molecule has 3 rings (SSSR count). The van der Waals surface area contributed by atoms with Crippen molar-refractivity contribution in [2.24, 2.45) is 7.05 Å². The molecule has 0 N–H and O–H groups in total. The van der Waals surface area contributed by atoms with Crippen LogP contribution in [0.15, 0.2) is 67.3 Å². The molecule has 0 aliphatic carbocycles. The first kappa shape index (κ1) is 29.0. The monoisotopic (exact) mass is 549 g/mol. The second kappa shape index (κ2) is 10.7. The third kappa shape index (κ3) is 5.48. The maximum atomic E-state index is 14.1. The molecule has 0 radical (unpaired) electrons. The highest BCUT2D eigenvalue weighted by atomic mass is 19.4. The predicted molar refractivity (Wildman–Crippen MR) is 124 cm³/mol. The van der Waals surface area contributed by atoms with Crippen LogP contribution in [-0.2, 0) is 16.6 Å². The van der Waals surface area contributed by atoms with Crippen LogP contribution < -0.4 is 4.74 Å². The lowest BCUT2D eigenvalue weighted by atomic mass is 9.95. The Kier molecular flexibility index (Phi) is 8.13. The van der Waals surface area contributed by atoms with Gasteiger partial charge in [-0.05, 0) is 42.0 Å². The van der Waals surface area contributed by atoms with Crippen molar-refractivity contribution in [2.75, 3.05) is 13.2 Å². The molecule has 0 unspecified atom stereocenters. The van der Waals surface area contributed by atoms with Crippen LogP contribution in [0.4, 0.5) is 35.1 Å². The highest BCUT2D eigenvalue weighted by Crippen LogP contribution is 2.54. The molecule has 3 aromatic rings. The summed E-state index contributed by atoms with van der Waals surface area (Å²) >= 11 is 0. The Labute approximate surface area is 212 Å². The zero-order valence-electron chi connectivity index (χ0n) is 20.0. The first-order valence-corrected chi connectivity index (χ1v) is 11.2. The summed E-state index contributed by atoms with van der Waals surface area (Å²) in [5.41, 5.74) is 2.52. The number of alkyl halides is 8. The van der Waals surface area contributed by atoms with Gasteiger partial charge in [0.05, 0.1) is 26.1 Å². The van der Waals surface area contributed by atoms with Crippen LogP contribution in [0.25, 0.3) is 22.2 Å². The Bertz CT molecular complexity index is 1290. The van der Waals surface area contributed by atoms with Gasteiger partial charge in [0.25, 0.3) is 0 Å². The first-order valence-electron chi connectivity index (χ1n) is 11.2. The maximum absolute atomic E-state index is 14.1. The fraction of sp³-hybridized carbons (Fsp3) is 0.346. The van der Waals surface area contributed by atoms with Crippen molar-refractivity contribution in [3.8, 4) is 17.0 Å². The van der Waals surface area contributed by atoms with Crippen LogP contribution in [0.1, 0.15) is 12.8 Å². The Morgan fingerprint density at radius 2 is 1.42 bits per heavy atom. The van der Waals surface area contributed by atoms with E-state index in [0.29, 0.717) is 6.08 Å². The van der Waals surface area contributed by atoms with Crippen LogP contribution in [-0.4, -0.2) is 47.4 Å². The molecule has 0 atom stereocenters. The van der Waals surface area contributed by atoms with Gasteiger partial charge in [0, 0.05) is 29.7 Å². The van der Waals surface area contributed by atoms with E-state index in [1.165, 1.54) is 12.1 Å². The number of hydrogen-bond donors (Lipinski definition) is 0. The van der Waals surface area contributed by atoms with Crippen LogP contribution >= 0.6 is 0 Å². The van der Waals surface area contributed by atoms with Crippen molar-refractivity contribution >= 4 is 16.9 Å². The van der Waals surface area contributed by atoms with Crippen molar-refractivity contribution < 1.29 is 49.4 Å². The molecule has 1 heterocycles. The summed E-state index contributed by atoms with van der Waals surface area (Å²) < 4.78 is 123. The van der Waals surface area contributed by atoms with Gasteiger partial charge in [-0.15, -0.1) is 0 Å². The number of aromatic nitrogens is 1. The van der Waals surface area contributed by atoms with Gasteiger partial charge in [0.1, 0.15) is 5.75 Å². The third-order valence-electron chi connectivity index (χ3n) is 5.93. The Balaban J connectivity index is 1.64. The van der Waals surface area contributed by atoms with E-state index in [-0.39, 0.29) is 5.75 Å². The molecule has 0 bridgehead atoms. The normalized spacial score (nSPS) is 13.0. The van der Waals surface area contributed by atoms with E-state index in [0.717, 1.165) is 22.2 Å². The first-order chi connectivity index (χ1) is 17.6. The molecular formula is C26H23F8NO3. The van der Waals surface area contributed by atoms with Crippen LogP contribution in [0, 0.1) is 0 Å². The summed E-state index contributed by atoms with van der Waals surface area (Å²) in [4.78, 5) is 10.8. The molecule has 12 heteroatoms. The Morgan fingerprint density at radius 3 is 1.97 bits per heavy atom. The molecule has 4 nitrogen and oxygen atoms in total. The van der Waals surface area contributed by atoms with Crippen molar-refractivity contribution in [1.29, 1.82) is 0 Å². The third-order valence-corrected chi connectivity index (χ3v) is 5.93. The molecule has 2 aromatic carbocycles. The number of carbonyl (C=O) groups is 1. The van der Waals surface area contributed by atoms with Gasteiger partial charge in [-0.2, -0.15) is 35.1 Å². The molecule has 0 aliphatic heterocycles. The van der Waals surface area contributed by atoms with Crippen LogP contribution in [0.5, 0.6) is 5.75 Å². The molecule has 0 saturated heterocycles. The Hall–Kier alpha value is -3.57. The van der Waals surface area contributed by atoms with E-state index >= 15 is 0 Å². The number of aryl methyl sites for hydroxylation is 1. The smallest absolute Gasteiger partial charge is 0.378 e. The molecule has 0 fully saturated rings. The maximum Gasteiger partial charge on any atom is 0.378 e. The predicted octanol–water partition coefficient (Wildman–Crippen LogP) is 7.27. The fourth-order valence-electron chi connectivity index (χ4n) is 3.70. The number of para-hydroxylation sites is 1. The second-order valence-corrected chi connectivity index (χ2v) is 8.45. The minimum absolute atomic E-state index is 0.0206. The summed E-state index contributed by atoms with van der Waals surface area (Å²) in [6, 6.07) is 15.4. The fourth-order valence-corrected chi connectivity index (χ4v) is 3.70. The SMILES string of the molecule is C=CC(=O)OCCC(F)(F)C(F)(F)C(F)(F)C(F)(F)CCOc1ccc(-c2cc3ccccc3n2C)cc1. The number of rotatable bonds is 12. The number of hydrogen-bond acceptors (Lipinski definition) is 3. The molecule has 1 aromatic heterocycles. The summed E-state index contributed by atoms with van der Waals surface area (Å²) in [5.74, 6) is -25.4. The van der Waals surface area contributed by atoms with Gasteiger partial charge in [-0.3, -0.25) is 0 Å². The standard InChI is InChI=1S/C26H23F8NO3/c1-3-22(36)38-15-13-24(29,30)26(33,34)25(31,32)23(27,28)12-14-37-19-10-8-17(9-11-19)21-16-18-6-4-5-7-20(18)35(21)2/h3-11,16H,1,12-15H2,2H3. The number of carbonyl (C=O) groups excluding carboxylic acids is 1. The van der Waals surface area contributed by atoms with E-state index in [9.17, 15) is 39.9 Å². The van der Waals surface area contributed by atoms with E-state index in [4.69, 9.17) is 4.74 Å². The van der Waals surface area contributed by atoms with E-state index in [1.807, 2.05) is 41.9 Å². The largest absolute Gasteiger partial charge is 0.493 e. The number of nitrogens with zero attached hydrogens (tertiary/aromatic N) is 1. The van der Waals surface area contributed by atoms with Gasteiger partial charge in [-0.25, -0.2) is 4.79 Å². The van der Waals surface area contributed by atoms with Gasteiger partial charge in [0.2, 0.25) is 0 Å². The minimum atomic E-state index is -6.45. The molecule has 0 saturated carbocycles. The molecule has 0 amide bonds. The summed E-state index contributed by atoms with van der Waals surface area (Å²) in [6.07, 6.45) is -3.55. The zero-order valence-corrected chi connectivity index (χ0v) is 20.0. The number of benzene rings is 2. The topological polar surface area (TPSA) is 40.5 Å². The number of ether oxygens (including phenoxy) is 2. The van der Waals surface area contributed by atoms with Gasteiger partial charge < -0.3 is 14.0 Å². The summed E-state index contributed by atoms with van der Waals surface area (Å²) in [5, 5.41) is 0.980. The van der Waals surface area contributed by atoms with Crippen LogP contribution in [0.3, 0.4) is 0 Å². The van der Waals surface area contributed by atoms with Gasteiger partial charge in [-0.1, -0.05) is 24.8 Å². The summed E-state index contributed by atoms with van der Waals surface area (Å²) in [7, 11) is 1.84. The highest BCUT2D eigenvalue weighted by molar-refractivity contribution is 5.87. The molecule has 0 aliphatic rings. The van der Waals surface area contributed by atoms with Crippen molar-refractivity contribution in [3.63, 3.8) is 0 Å². The van der Waals surface area contributed by atoms with Gasteiger partial charge >= 0.3 is 29.7 Å². The minimum Gasteiger partial charge on any atom is -0.493 e. The number of fused-ring (bicyclic) bond motifs is 1. The number of esters is 1. The highest BCUT2D eigenvalue weighted by Gasteiger charge is 2.79. The van der Waals surface area contributed by atoms with E-state index < -0.39 is 55.7 Å². The average molecular weight is 549 g/mol. The molecule has 0 spiro atoms. The van der Waals surface area contributed by atoms with Gasteiger partial charge in [0.15, 0.2) is 0 Å². The lowest BCUT2D eigenvalue weighted by molar-refractivity contribution is -0.368. The quantitative estimate of drug-likeness (QED) is 0.136. The van der Waals surface area contributed by atoms with Crippen molar-refractivity contribution in [2.45, 2.75) is 36.5 Å².